The number of hydrogen-bond acceptors (Lipinski definition) is 5. The molecular weight excluding hydrogens is 428 g/mol. The molecule has 0 atom stereocenters. The molecule has 0 unspecified atom stereocenters. The van der Waals surface area contributed by atoms with Gasteiger partial charge in [0, 0.05) is 31.0 Å². The van der Waals surface area contributed by atoms with E-state index in [4.69, 9.17) is 4.74 Å². The van der Waals surface area contributed by atoms with Gasteiger partial charge in [0.15, 0.2) is 5.65 Å². The molecule has 1 fully saturated rings. The number of H-pyrrole nitrogens is 1. The first-order valence-corrected chi connectivity index (χ1v) is 10.8. The summed E-state index contributed by atoms with van der Waals surface area (Å²) in [6.07, 6.45) is 5.49. The molecule has 0 amide bonds. The molecule has 1 N–H and O–H groups in total. The minimum Gasteiger partial charge on any atom is -0.495 e. The largest absolute Gasteiger partial charge is 0.495 e. The summed E-state index contributed by atoms with van der Waals surface area (Å²) in [5.74, 6) is -1.50. The van der Waals surface area contributed by atoms with Crippen molar-refractivity contribution in [2.24, 2.45) is 0 Å². The van der Waals surface area contributed by atoms with Crippen LogP contribution in [0.15, 0.2) is 53.7 Å². The van der Waals surface area contributed by atoms with Gasteiger partial charge in [-0.1, -0.05) is 24.3 Å². The Hall–Kier alpha value is -3.62. The number of alkyl halides is 2. The molecule has 1 aliphatic rings. The maximum Gasteiger partial charge on any atom is 0.262 e. The lowest BCUT2D eigenvalue weighted by atomic mass is 9.92. The summed E-state index contributed by atoms with van der Waals surface area (Å²) in [4.78, 5) is 24.5. The van der Waals surface area contributed by atoms with Crippen molar-refractivity contribution in [3.63, 3.8) is 0 Å². The van der Waals surface area contributed by atoms with Gasteiger partial charge in [0.1, 0.15) is 17.0 Å². The van der Waals surface area contributed by atoms with Gasteiger partial charge in [0.2, 0.25) is 5.92 Å². The van der Waals surface area contributed by atoms with E-state index in [9.17, 15) is 13.6 Å². The van der Waals surface area contributed by atoms with Crippen LogP contribution >= 0.6 is 0 Å². The van der Waals surface area contributed by atoms with Gasteiger partial charge in [-0.15, -0.1) is 0 Å². The maximum absolute atomic E-state index is 13.6. The number of aromatic nitrogens is 5. The highest BCUT2D eigenvalue weighted by Gasteiger charge is 2.36. The van der Waals surface area contributed by atoms with Crippen molar-refractivity contribution in [1.82, 2.24) is 24.7 Å². The molecule has 1 aliphatic carbocycles. The molecule has 4 aromatic rings. The van der Waals surface area contributed by atoms with Gasteiger partial charge in [0.25, 0.3) is 5.56 Å². The van der Waals surface area contributed by atoms with Crippen LogP contribution in [0, 0.1) is 0 Å². The number of pyridine rings is 1. The van der Waals surface area contributed by atoms with Crippen LogP contribution in [0.3, 0.4) is 0 Å². The summed E-state index contributed by atoms with van der Waals surface area (Å²) < 4.78 is 34.2. The lowest BCUT2D eigenvalue weighted by Gasteiger charge is -2.28. The van der Waals surface area contributed by atoms with Crippen molar-refractivity contribution < 1.29 is 13.5 Å². The average molecular weight is 451 g/mol. The number of benzene rings is 1. The monoisotopic (exact) mass is 451 g/mol. The van der Waals surface area contributed by atoms with Gasteiger partial charge in [0.05, 0.1) is 25.5 Å². The van der Waals surface area contributed by atoms with Gasteiger partial charge in [-0.2, -0.15) is 5.10 Å². The van der Waals surface area contributed by atoms with Crippen molar-refractivity contribution in [3.8, 4) is 16.9 Å². The van der Waals surface area contributed by atoms with Crippen LogP contribution in [0.5, 0.6) is 5.75 Å². The molecule has 7 nitrogen and oxygen atoms in total. The van der Waals surface area contributed by atoms with E-state index in [1.54, 1.807) is 24.2 Å². The molecule has 33 heavy (non-hydrogen) atoms. The summed E-state index contributed by atoms with van der Waals surface area (Å²) in [6, 6.07) is 9.52. The lowest BCUT2D eigenvalue weighted by molar-refractivity contribution is -0.0446. The first-order valence-electron chi connectivity index (χ1n) is 10.8. The Labute approximate surface area is 188 Å². The van der Waals surface area contributed by atoms with Crippen LogP contribution < -0.4 is 10.3 Å². The van der Waals surface area contributed by atoms with Crippen molar-refractivity contribution in [2.45, 2.75) is 44.1 Å². The van der Waals surface area contributed by atoms with E-state index in [2.05, 4.69) is 20.1 Å². The number of ether oxygens (including phenoxy) is 1. The Morgan fingerprint density at radius 1 is 1.18 bits per heavy atom. The summed E-state index contributed by atoms with van der Waals surface area (Å²) in [5.41, 5.74) is 2.95. The number of nitrogens with zero attached hydrogens (tertiary/aromatic N) is 4. The van der Waals surface area contributed by atoms with Crippen LogP contribution in [-0.2, 0) is 6.42 Å². The topological polar surface area (TPSA) is 85.7 Å². The number of hydrogen-bond donors (Lipinski definition) is 1. The second kappa shape index (κ2) is 8.38. The zero-order valence-corrected chi connectivity index (χ0v) is 18.1. The van der Waals surface area contributed by atoms with Crippen LogP contribution in [0.4, 0.5) is 8.78 Å². The van der Waals surface area contributed by atoms with Gasteiger partial charge in [-0.05, 0) is 30.0 Å². The normalized spacial score (nSPS) is 16.2. The molecule has 0 bridgehead atoms. The first-order chi connectivity index (χ1) is 15.9. The second-order valence-electron chi connectivity index (χ2n) is 8.37. The van der Waals surface area contributed by atoms with Crippen molar-refractivity contribution in [2.75, 3.05) is 7.11 Å². The molecule has 0 aliphatic heterocycles. The Kier molecular flexibility index (Phi) is 5.39. The van der Waals surface area contributed by atoms with E-state index in [0.29, 0.717) is 41.9 Å². The highest BCUT2D eigenvalue weighted by molar-refractivity contribution is 5.73. The molecule has 9 heteroatoms. The predicted octanol–water partition coefficient (Wildman–Crippen LogP) is 4.53. The highest BCUT2D eigenvalue weighted by Crippen LogP contribution is 2.38. The number of fused-ring (bicyclic) bond motifs is 1. The number of halogens is 2. The Morgan fingerprint density at radius 2 is 1.97 bits per heavy atom. The summed E-state index contributed by atoms with van der Waals surface area (Å²) in [6.45, 7) is 0. The number of rotatable bonds is 5. The molecule has 0 radical (unpaired) electrons. The predicted molar refractivity (Wildman–Crippen MR) is 120 cm³/mol. The summed E-state index contributed by atoms with van der Waals surface area (Å²) >= 11 is 0. The molecule has 5 rings (SSSR count). The van der Waals surface area contributed by atoms with Gasteiger partial charge in [-0.3, -0.25) is 9.78 Å². The van der Waals surface area contributed by atoms with Crippen LogP contribution in [-0.4, -0.2) is 37.8 Å². The van der Waals surface area contributed by atoms with E-state index in [1.807, 2.05) is 30.3 Å². The third kappa shape index (κ3) is 4.22. The number of aromatic amines is 1. The fraction of sp³-hybridized carbons (Fsp3) is 0.333. The van der Waals surface area contributed by atoms with Crippen molar-refractivity contribution >= 4 is 11.0 Å². The van der Waals surface area contributed by atoms with E-state index in [0.717, 1.165) is 16.7 Å². The van der Waals surface area contributed by atoms with E-state index in [-0.39, 0.29) is 24.4 Å². The van der Waals surface area contributed by atoms with Gasteiger partial charge >= 0.3 is 0 Å². The average Bonchev–Trinajstić information content (AvgIpc) is 3.24. The zero-order valence-electron chi connectivity index (χ0n) is 18.1. The Morgan fingerprint density at radius 3 is 2.76 bits per heavy atom. The SMILES string of the molecule is COc1cncc(-c2ccccc2Cc2nc3c(cnn3C3CCC(F)(F)CC3)c(=O)[nH]2)c1. The molecular formula is C24H23F2N5O2. The van der Waals surface area contributed by atoms with E-state index < -0.39 is 5.92 Å². The van der Waals surface area contributed by atoms with Crippen molar-refractivity contribution in [1.29, 1.82) is 0 Å². The van der Waals surface area contributed by atoms with Crippen molar-refractivity contribution in [3.05, 3.63) is 70.7 Å². The Bertz CT molecular complexity index is 1350. The molecule has 0 saturated heterocycles. The van der Waals surface area contributed by atoms with Crippen LogP contribution in [0.1, 0.15) is 43.1 Å². The van der Waals surface area contributed by atoms with Crippen LogP contribution in [0.2, 0.25) is 0 Å². The quantitative estimate of drug-likeness (QED) is 0.482. The minimum absolute atomic E-state index is 0.184. The lowest BCUT2D eigenvalue weighted by Crippen LogP contribution is -2.27. The smallest absolute Gasteiger partial charge is 0.262 e. The highest BCUT2D eigenvalue weighted by atomic mass is 19.3. The Balaban J connectivity index is 1.50. The second-order valence-corrected chi connectivity index (χ2v) is 8.37. The third-order valence-electron chi connectivity index (χ3n) is 6.18. The molecule has 170 valence electrons. The fourth-order valence-corrected chi connectivity index (χ4v) is 4.42. The minimum atomic E-state index is -2.63. The number of nitrogens with one attached hydrogen (secondary N) is 1. The molecule has 0 spiro atoms. The zero-order chi connectivity index (χ0) is 23.0. The van der Waals surface area contributed by atoms with Gasteiger partial charge < -0.3 is 9.72 Å². The first kappa shape index (κ1) is 21.2. The summed E-state index contributed by atoms with van der Waals surface area (Å²) in [5, 5.41) is 4.69. The molecule has 3 heterocycles. The van der Waals surface area contributed by atoms with Gasteiger partial charge in [-0.25, -0.2) is 18.4 Å². The summed E-state index contributed by atoms with van der Waals surface area (Å²) in [7, 11) is 1.59. The molecule has 1 saturated carbocycles. The van der Waals surface area contributed by atoms with E-state index in [1.165, 1.54) is 6.20 Å². The fourth-order valence-electron chi connectivity index (χ4n) is 4.42. The third-order valence-corrected chi connectivity index (χ3v) is 6.18. The standard InChI is InChI=1S/C24H23F2N5O2/c1-33-18-10-16(12-27-13-18)19-5-3-2-4-15(19)11-21-29-22-20(23(32)30-21)14-28-31(22)17-6-8-24(25,26)9-7-17/h2-5,10,12-14,17H,6-9,11H2,1H3,(H,29,30,32). The molecule has 3 aromatic heterocycles. The van der Waals surface area contributed by atoms with Crippen LogP contribution in [0.25, 0.3) is 22.2 Å². The van der Waals surface area contributed by atoms with E-state index >= 15 is 0 Å². The number of methoxy groups -OCH3 is 1. The maximum atomic E-state index is 13.6. The molecule has 1 aromatic carbocycles.